The Labute approximate surface area is 169 Å². The van der Waals surface area contributed by atoms with Gasteiger partial charge in [0.15, 0.2) is 12.4 Å². The maximum Gasteiger partial charge on any atom is 0.277 e. The Morgan fingerprint density at radius 2 is 2.00 bits per heavy atom. The summed E-state index contributed by atoms with van der Waals surface area (Å²) in [6.45, 7) is 10.4. The first-order chi connectivity index (χ1) is 13.3. The van der Waals surface area contributed by atoms with Crippen LogP contribution in [0.3, 0.4) is 0 Å². The monoisotopic (exact) mass is 399 g/mol. The summed E-state index contributed by atoms with van der Waals surface area (Å²) in [5, 5.41) is 8.35. The number of benzene rings is 1. The van der Waals surface area contributed by atoms with Gasteiger partial charge in [0.05, 0.1) is 5.75 Å². The maximum atomic E-state index is 12.6. The van der Waals surface area contributed by atoms with Crippen molar-refractivity contribution in [3.05, 3.63) is 58.7 Å². The van der Waals surface area contributed by atoms with E-state index in [4.69, 9.17) is 9.15 Å². The lowest BCUT2D eigenvalue weighted by molar-refractivity contribution is 0.102. The summed E-state index contributed by atoms with van der Waals surface area (Å²) in [4.78, 5) is 12.6. The minimum atomic E-state index is 0.0563. The molecule has 0 unspecified atom stereocenters. The van der Waals surface area contributed by atoms with Gasteiger partial charge in [-0.25, -0.2) is 0 Å². The Morgan fingerprint density at radius 1 is 1.21 bits per heavy atom. The van der Waals surface area contributed by atoms with Crippen LogP contribution in [-0.2, 0) is 6.61 Å². The molecule has 2 aromatic heterocycles. The molecule has 0 radical (unpaired) electrons. The Morgan fingerprint density at radius 3 is 2.68 bits per heavy atom. The van der Waals surface area contributed by atoms with E-state index in [1.807, 2.05) is 51.1 Å². The molecule has 2 heterocycles. The zero-order valence-electron chi connectivity index (χ0n) is 16.9. The summed E-state index contributed by atoms with van der Waals surface area (Å²) in [6, 6.07) is 10.0. The van der Waals surface area contributed by atoms with E-state index in [2.05, 4.69) is 28.6 Å². The number of aromatic nitrogens is 3. The first kappa shape index (κ1) is 20.2. The molecule has 0 atom stereocenters. The normalized spacial score (nSPS) is 11.2. The van der Waals surface area contributed by atoms with Gasteiger partial charge in [0.25, 0.3) is 11.1 Å². The van der Waals surface area contributed by atoms with E-state index in [1.54, 1.807) is 0 Å². The van der Waals surface area contributed by atoms with Crippen LogP contribution in [0.4, 0.5) is 0 Å². The molecule has 0 bridgehead atoms. The van der Waals surface area contributed by atoms with Crippen LogP contribution in [0.2, 0.25) is 0 Å². The van der Waals surface area contributed by atoms with Gasteiger partial charge < -0.3 is 13.7 Å². The number of carbonyl (C=O) groups is 1. The molecule has 148 valence electrons. The number of aryl methyl sites for hydroxylation is 2. The fraction of sp³-hybridized carbons (Fsp3) is 0.381. The van der Waals surface area contributed by atoms with Crippen LogP contribution < -0.4 is 4.74 Å². The Bertz CT molecular complexity index is 975. The molecule has 0 aliphatic rings. The number of rotatable bonds is 8. The molecule has 0 spiro atoms. The van der Waals surface area contributed by atoms with Crippen molar-refractivity contribution in [3.63, 3.8) is 0 Å². The number of hydrogen-bond donors (Lipinski definition) is 0. The molecule has 6 nitrogen and oxygen atoms in total. The molecule has 0 saturated carbocycles. The minimum Gasteiger partial charge on any atom is -0.484 e. The van der Waals surface area contributed by atoms with Gasteiger partial charge in [-0.15, -0.1) is 10.2 Å². The highest BCUT2D eigenvalue weighted by Gasteiger charge is 2.18. The number of thioether (sulfide) groups is 1. The molecule has 3 aromatic rings. The van der Waals surface area contributed by atoms with E-state index >= 15 is 0 Å². The molecule has 7 heteroatoms. The number of ketones is 1. The smallest absolute Gasteiger partial charge is 0.277 e. The minimum absolute atomic E-state index is 0.0563. The molecule has 0 aliphatic carbocycles. The number of ether oxygens (including phenoxy) is 1. The standard InChI is InChI=1S/C21H25N3O3S/c1-13(2)24-15(4)10-18(16(24)5)19(25)12-28-21-23-22-20(27-21)11-26-17-8-6-7-14(3)9-17/h6-10,13H,11-12H2,1-5H3. The van der Waals surface area contributed by atoms with E-state index in [-0.39, 0.29) is 18.1 Å². The highest BCUT2D eigenvalue weighted by molar-refractivity contribution is 7.99. The van der Waals surface area contributed by atoms with Crippen molar-refractivity contribution >= 4 is 17.5 Å². The van der Waals surface area contributed by atoms with Gasteiger partial charge in [0, 0.05) is 23.0 Å². The third kappa shape index (κ3) is 4.65. The quantitative estimate of drug-likeness (QED) is 0.395. The zero-order chi connectivity index (χ0) is 20.3. The Kier molecular flexibility index (Phi) is 6.24. The summed E-state index contributed by atoms with van der Waals surface area (Å²) >= 11 is 1.25. The van der Waals surface area contributed by atoms with Gasteiger partial charge in [0.2, 0.25) is 0 Å². The fourth-order valence-electron chi connectivity index (χ4n) is 3.26. The van der Waals surface area contributed by atoms with Crippen LogP contribution in [0.5, 0.6) is 5.75 Å². The van der Waals surface area contributed by atoms with Crippen LogP contribution >= 0.6 is 11.8 Å². The zero-order valence-corrected chi connectivity index (χ0v) is 17.7. The average molecular weight is 400 g/mol. The molecule has 0 fully saturated rings. The Hall–Kier alpha value is -2.54. The largest absolute Gasteiger partial charge is 0.484 e. The summed E-state index contributed by atoms with van der Waals surface area (Å²) < 4.78 is 13.4. The van der Waals surface area contributed by atoms with Crippen molar-refractivity contribution in [2.75, 3.05) is 5.75 Å². The van der Waals surface area contributed by atoms with Crippen molar-refractivity contribution in [2.24, 2.45) is 0 Å². The van der Waals surface area contributed by atoms with Gasteiger partial charge in [-0.05, 0) is 58.4 Å². The highest BCUT2D eigenvalue weighted by atomic mass is 32.2. The second-order valence-corrected chi connectivity index (χ2v) is 7.95. The van der Waals surface area contributed by atoms with Crippen molar-refractivity contribution in [1.82, 2.24) is 14.8 Å². The molecule has 3 rings (SSSR count). The lowest BCUT2D eigenvalue weighted by Crippen LogP contribution is -2.08. The number of hydrogen-bond acceptors (Lipinski definition) is 6. The van der Waals surface area contributed by atoms with E-state index in [0.29, 0.717) is 17.2 Å². The van der Waals surface area contributed by atoms with Crippen LogP contribution in [0.15, 0.2) is 40.0 Å². The lowest BCUT2D eigenvalue weighted by Gasteiger charge is -2.13. The third-order valence-corrected chi connectivity index (χ3v) is 5.25. The van der Waals surface area contributed by atoms with Crippen LogP contribution in [0.25, 0.3) is 0 Å². The first-order valence-corrected chi connectivity index (χ1v) is 10.2. The van der Waals surface area contributed by atoms with Crippen molar-refractivity contribution in [1.29, 1.82) is 0 Å². The van der Waals surface area contributed by atoms with Gasteiger partial charge in [0.1, 0.15) is 5.75 Å². The average Bonchev–Trinajstić information content (AvgIpc) is 3.22. The number of carbonyl (C=O) groups excluding carboxylic acids is 1. The Balaban J connectivity index is 1.57. The second kappa shape index (κ2) is 8.65. The fourth-order valence-corrected chi connectivity index (χ4v) is 3.93. The molecular formula is C21H25N3O3S. The van der Waals surface area contributed by atoms with E-state index in [0.717, 1.165) is 28.3 Å². The van der Waals surface area contributed by atoms with E-state index in [9.17, 15) is 4.79 Å². The van der Waals surface area contributed by atoms with Gasteiger partial charge in [-0.1, -0.05) is 23.9 Å². The molecule has 0 aliphatic heterocycles. The van der Waals surface area contributed by atoms with Crippen molar-refractivity contribution in [3.8, 4) is 5.75 Å². The van der Waals surface area contributed by atoms with Gasteiger partial charge >= 0.3 is 0 Å². The topological polar surface area (TPSA) is 70.2 Å². The summed E-state index contributed by atoms with van der Waals surface area (Å²) in [7, 11) is 0. The van der Waals surface area contributed by atoms with Crippen LogP contribution in [0.1, 0.15) is 53.1 Å². The third-order valence-electron chi connectivity index (χ3n) is 4.43. The predicted octanol–water partition coefficient (Wildman–Crippen LogP) is 4.93. The molecule has 0 amide bonds. The van der Waals surface area contributed by atoms with Crippen molar-refractivity contribution in [2.45, 2.75) is 52.5 Å². The van der Waals surface area contributed by atoms with E-state index < -0.39 is 0 Å². The molecule has 28 heavy (non-hydrogen) atoms. The predicted molar refractivity (Wildman–Crippen MR) is 109 cm³/mol. The van der Waals surface area contributed by atoms with Gasteiger partial charge in [-0.3, -0.25) is 4.79 Å². The van der Waals surface area contributed by atoms with Gasteiger partial charge in [-0.2, -0.15) is 0 Å². The van der Waals surface area contributed by atoms with E-state index in [1.165, 1.54) is 11.8 Å². The summed E-state index contributed by atoms with van der Waals surface area (Å²) in [5.41, 5.74) is 3.96. The molecular weight excluding hydrogens is 374 g/mol. The second-order valence-electron chi connectivity index (χ2n) is 7.03. The number of nitrogens with zero attached hydrogens (tertiary/aromatic N) is 3. The van der Waals surface area contributed by atoms with Crippen LogP contribution in [0, 0.1) is 20.8 Å². The highest BCUT2D eigenvalue weighted by Crippen LogP contribution is 2.24. The summed E-state index contributed by atoms with van der Waals surface area (Å²) in [5.74, 6) is 1.45. The first-order valence-electron chi connectivity index (χ1n) is 9.21. The molecule has 0 N–H and O–H groups in total. The van der Waals surface area contributed by atoms with Crippen molar-refractivity contribution < 1.29 is 13.9 Å². The molecule has 0 saturated heterocycles. The SMILES string of the molecule is Cc1cccc(OCc2nnc(SCC(=O)c3cc(C)n(C(C)C)c3C)o2)c1. The maximum absolute atomic E-state index is 12.6. The number of Topliss-reactive ketones (excluding diaryl/α,β-unsaturated/α-hetero) is 1. The summed E-state index contributed by atoms with van der Waals surface area (Å²) in [6.07, 6.45) is 0. The lowest BCUT2D eigenvalue weighted by atomic mass is 10.2. The van der Waals surface area contributed by atoms with Crippen LogP contribution in [-0.4, -0.2) is 26.3 Å². The molecule has 1 aromatic carbocycles.